The van der Waals surface area contributed by atoms with Crippen molar-refractivity contribution in [1.82, 2.24) is 4.90 Å². The molecule has 0 spiro atoms. The summed E-state index contributed by atoms with van der Waals surface area (Å²) in [5, 5.41) is 11.3. The van der Waals surface area contributed by atoms with Crippen molar-refractivity contribution in [3.05, 3.63) is 63.6 Å². The summed E-state index contributed by atoms with van der Waals surface area (Å²) in [5.41, 5.74) is -0.371. The van der Waals surface area contributed by atoms with Gasteiger partial charge < -0.3 is 9.32 Å². The van der Waals surface area contributed by atoms with Crippen molar-refractivity contribution in [3.63, 3.8) is 0 Å². The van der Waals surface area contributed by atoms with Gasteiger partial charge in [0.1, 0.15) is 17.1 Å². The highest BCUT2D eigenvalue weighted by Crippen LogP contribution is 2.26. The Morgan fingerprint density at radius 2 is 2.04 bits per heavy atom. The van der Waals surface area contributed by atoms with Gasteiger partial charge in [-0.25, -0.2) is 8.42 Å². The van der Waals surface area contributed by atoms with Crippen molar-refractivity contribution in [2.45, 2.75) is 25.9 Å². The molecule has 2 heterocycles. The van der Waals surface area contributed by atoms with Gasteiger partial charge in [0.25, 0.3) is 11.6 Å². The first kappa shape index (κ1) is 18.1. The van der Waals surface area contributed by atoms with E-state index in [2.05, 4.69) is 0 Å². The average molecular weight is 378 g/mol. The van der Waals surface area contributed by atoms with Crippen LogP contribution in [-0.2, 0) is 16.4 Å². The maximum absolute atomic E-state index is 13.1. The Labute approximate surface area is 150 Å². The minimum atomic E-state index is -3.23. The predicted octanol–water partition coefficient (Wildman–Crippen LogP) is 2.33. The summed E-state index contributed by atoms with van der Waals surface area (Å²) in [7, 11) is -3.23. The fourth-order valence-corrected chi connectivity index (χ4v) is 4.83. The standard InChI is InChI=1S/C17H18N2O6S/c1-12-6-7-14(25-12)10-18(13-8-9-26(23,24)11-13)17(20)15-4-2-3-5-16(15)19(21)22/h2-7,13H,8-11H2,1H3/t13-/m0/s1. The zero-order chi connectivity index (χ0) is 18.9. The van der Waals surface area contributed by atoms with Gasteiger partial charge in [-0.3, -0.25) is 14.9 Å². The van der Waals surface area contributed by atoms with Gasteiger partial charge in [0.2, 0.25) is 0 Å². The third-order valence-electron chi connectivity index (χ3n) is 4.36. The van der Waals surface area contributed by atoms with Gasteiger partial charge in [-0.05, 0) is 31.5 Å². The number of hydrogen-bond acceptors (Lipinski definition) is 6. The van der Waals surface area contributed by atoms with Crippen molar-refractivity contribution in [2.75, 3.05) is 11.5 Å². The second-order valence-electron chi connectivity index (χ2n) is 6.28. The van der Waals surface area contributed by atoms with Gasteiger partial charge >= 0.3 is 0 Å². The van der Waals surface area contributed by atoms with Crippen LogP contribution in [0.1, 0.15) is 28.3 Å². The predicted molar refractivity (Wildman–Crippen MR) is 93.5 cm³/mol. The molecule has 8 nitrogen and oxygen atoms in total. The van der Waals surface area contributed by atoms with E-state index < -0.39 is 26.7 Å². The fraction of sp³-hybridized carbons (Fsp3) is 0.353. The number of furan rings is 1. The van der Waals surface area contributed by atoms with Gasteiger partial charge in [-0.15, -0.1) is 0 Å². The Kier molecular flexibility index (Phi) is 4.82. The van der Waals surface area contributed by atoms with Gasteiger partial charge in [0.05, 0.1) is 23.0 Å². The Morgan fingerprint density at radius 1 is 1.31 bits per heavy atom. The highest BCUT2D eigenvalue weighted by atomic mass is 32.2. The van der Waals surface area contributed by atoms with E-state index in [0.717, 1.165) is 0 Å². The SMILES string of the molecule is Cc1ccc(CN(C(=O)c2ccccc2[N+](=O)[O-])[C@H]2CCS(=O)(=O)C2)o1. The molecular weight excluding hydrogens is 360 g/mol. The number of nitro benzene ring substituents is 1. The van der Waals surface area contributed by atoms with E-state index in [1.165, 1.54) is 23.1 Å². The monoisotopic (exact) mass is 378 g/mol. The van der Waals surface area contributed by atoms with Crippen LogP contribution >= 0.6 is 0 Å². The minimum absolute atomic E-state index is 0.00445. The number of amides is 1. The average Bonchev–Trinajstić information content (AvgIpc) is 3.16. The van der Waals surface area contributed by atoms with Crippen molar-refractivity contribution in [2.24, 2.45) is 0 Å². The molecule has 1 amide bonds. The molecule has 1 saturated heterocycles. The summed E-state index contributed by atoms with van der Waals surface area (Å²) in [6.07, 6.45) is 0.300. The second kappa shape index (κ2) is 6.91. The minimum Gasteiger partial charge on any atom is -0.464 e. The zero-order valence-electron chi connectivity index (χ0n) is 14.1. The van der Waals surface area contributed by atoms with E-state index in [1.54, 1.807) is 25.1 Å². The fourth-order valence-electron chi connectivity index (χ4n) is 3.09. The Balaban J connectivity index is 1.97. The van der Waals surface area contributed by atoms with Gasteiger partial charge in [-0.1, -0.05) is 12.1 Å². The smallest absolute Gasteiger partial charge is 0.282 e. The van der Waals surface area contributed by atoms with Crippen LogP contribution in [0.4, 0.5) is 5.69 Å². The van der Waals surface area contributed by atoms with E-state index in [4.69, 9.17) is 4.42 Å². The van der Waals surface area contributed by atoms with Crippen molar-refractivity contribution in [3.8, 4) is 0 Å². The lowest BCUT2D eigenvalue weighted by Crippen LogP contribution is -2.40. The Hall–Kier alpha value is -2.68. The Bertz CT molecular complexity index is 950. The van der Waals surface area contributed by atoms with Gasteiger partial charge in [-0.2, -0.15) is 0 Å². The molecule has 26 heavy (non-hydrogen) atoms. The summed E-state index contributed by atoms with van der Waals surface area (Å²) in [6.45, 7) is 1.82. The molecule has 1 aromatic heterocycles. The van der Waals surface area contributed by atoms with Crippen LogP contribution in [0.2, 0.25) is 0 Å². The molecule has 3 rings (SSSR count). The molecule has 0 saturated carbocycles. The lowest BCUT2D eigenvalue weighted by molar-refractivity contribution is -0.385. The lowest BCUT2D eigenvalue weighted by atomic mass is 10.1. The molecule has 0 N–H and O–H groups in total. The number of sulfone groups is 1. The zero-order valence-corrected chi connectivity index (χ0v) is 14.9. The number of nitro groups is 1. The van der Waals surface area contributed by atoms with Crippen LogP contribution in [0.5, 0.6) is 0 Å². The normalized spacial score (nSPS) is 18.6. The van der Waals surface area contributed by atoms with Crippen LogP contribution in [-0.4, -0.2) is 41.7 Å². The first-order chi connectivity index (χ1) is 12.3. The van der Waals surface area contributed by atoms with Crippen molar-refractivity contribution >= 4 is 21.4 Å². The Morgan fingerprint density at radius 3 is 2.62 bits per heavy atom. The quantitative estimate of drug-likeness (QED) is 0.583. The van der Waals surface area contributed by atoms with E-state index in [9.17, 15) is 23.3 Å². The van der Waals surface area contributed by atoms with Crippen LogP contribution in [0.15, 0.2) is 40.8 Å². The van der Waals surface area contributed by atoms with Crippen LogP contribution in [0, 0.1) is 17.0 Å². The molecule has 2 aromatic rings. The van der Waals surface area contributed by atoms with E-state index in [0.29, 0.717) is 17.9 Å². The maximum atomic E-state index is 13.1. The van der Waals surface area contributed by atoms with Crippen LogP contribution in [0.3, 0.4) is 0 Å². The number of benzene rings is 1. The number of aryl methyl sites for hydroxylation is 1. The molecule has 0 radical (unpaired) electrons. The van der Waals surface area contributed by atoms with Crippen LogP contribution < -0.4 is 0 Å². The third-order valence-corrected chi connectivity index (χ3v) is 6.11. The highest BCUT2D eigenvalue weighted by molar-refractivity contribution is 7.91. The molecule has 1 aliphatic heterocycles. The summed E-state index contributed by atoms with van der Waals surface area (Å²) in [4.78, 5) is 25.1. The first-order valence-electron chi connectivity index (χ1n) is 8.07. The van der Waals surface area contributed by atoms with E-state index in [1.807, 2.05) is 0 Å². The molecule has 1 aliphatic rings. The number of carbonyl (C=O) groups is 1. The van der Waals surface area contributed by atoms with Gasteiger partial charge in [0, 0.05) is 12.1 Å². The first-order valence-corrected chi connectivity index (χ1v) is 9.89. The van der Waals surface area contributed by atoms with Crippen molar-refractivity contribution in [1.29, 1.82) is 0 Å². The third kappa shape index (κ3) is 3.77. The van der Waals surface area contributed by atoms with E-state index >= 15 is 0 Å². The second-order valence-corrected chi connectivity index (χ2v) is 8.51. The largest absolute Gasteiger partial charge is 0.464 e. The number of hydrogen-bond donors (Lipinski definition) is 0. The lowest BCUT2D eigenvalue weighted by Gasteiger charge is -2.27. The number of para-hydroxylation sites is 1. The molecule has 0 unspecified atom stereocenters. The summed E-state index contributed by atoms with van der Waals surface area (Å²) in [6, 6.07) is 8.57. The van der Waals surface area contributed by atoms with E-state index in [-0.39, 0.29) is 29.3 Å². The molecular formula is C17H18N2O6S. The summed E-state index contributed by atoms with van der Waals surface area (Å²) < 4.78 is 29.2. The molecule has 9 heteroatoms. The maximum Gasteiger partial charge on any atom is 0.282 e. The summed E-state index contributed by atoms with van der Waals surface area (Å²) >= 11 is 0. The molecule has 0 aliphatic carbocycles. The number of rotatable bonds is 5. The van der Waals surface area contributed by atoms with Crippen LogP contribution in [0.25, 0.3) is 0 Å². The molecule has 0 bridgehead atoms. The topological polar surface area (TPSA) is 111 Å². The molecule has 1 fully saturated rings. The number of carbonyl (C=O) groups excluding carboxylic acids is 1. The van der Waals surface area contributed by atoms with Crippen molar-refractivity contribution < 1.29 is 22.6 Å². The summed E-state index contributed by atoms with van der Waals surface area (Å²) in [5.74, 6) is 0.429. The molecule has 1 aromatic carbocycles. The molecule has 1 atom stereocenters. The number of nitrogens with zero attached hydrogens (tertiary/aromatic N) is 2. The highest BCUT2D eigenvalue weighted by Gasteiger charge is 2.37. The van der Waals surface area contributed by atoms with Gasteiger partial charge in [0.15, 0.2) is 9.84 Å². The molecule has 138 valence electrons.